The number of hydrogen-bond acceptors (Lipinski definition) is 2. The third-order valence-corrected chi connectivity index (χ3v) is 5.95. The van der Waals surface area contributed by atoms with Crippen molar-refractivity contribution in [3.63, 3.8) is 0 Å². The molecule has 3 heteroatoms. The summed E-state index contributed by atoms with van der Waals surface area (Å²) in [6.07, 6.45) is 6.95. The number of aryl methyl sites for hydroxylation is 1. The summed E-state index contributed by atoms with van der Waals surface area (Å²) < 4.78 is 0. The summed E-state index contributed by atoms with van der Waals surface area (Å²) in [5.41, 5.74) is 1.26. The highest BCUT2D eigenvalue weighted by molar-refractivity contribution is 5.83. The Morgan fingerprint density at radius 2 is 1.64 bits per heavy atom. The number of benzene rings is 2. The molecule has 0 radical (unpaired) electrons. The summed E-state index contributed by atoms with van der Waals surface area (Å²) in [5.74, 6) is 0.319. The Bertz CT molecular complexity index is 728. The van der Waals surface area contributed by atoms with Crippen molar-refractivity contribution in [2.45, 2.75) is 44.6 Å². The van der Waals surface area contributed by atoms with Gasteiger partial charge in [-0.05, 0) is 35.6 Å². The van der Waals surface area contributed by atoms with Gasteiger partial charge in [-0.1, -0.05) is 55.3 Å². The maximum atomic E-state index is 12.6. The third-order valence-electron chi connectivity index (χ3n) is 5.95. The van der Waals surface area contributed by atoms with Crippen molar-refractivity contribution in [3.05, 3.63) is 48.0 Å². The van der Waals surface area contributed by atoms with Gasteiger partial charge >= 0.3 is 0 Å². The van der Waals surface area contributed by atoms with Crippen molar-refractivity contribution < 1.29 is 4.79 Å². The number of piperazine rings is 1. The molecule has 1 aliphatic carbocycles. The minimum atomic E-state index is 0.319. The van der Waals surface area contributed by atoms with Gasteiger partial charge in [0.15, 0.2) is 0 Å². The number of fused-ring (bicyclic) bond motifs is 1. The molecule has 2 aliphatic rings. The molecular weight excluding hydrogens is 308 g/mol. The first-order valence-electron chi connectivity index (χ1n) is 9.79. The highest BCUT2D eigenvalue weighted by Gasteiger charge is 2.27. The van der Waals surface area contributed by atoms with Gasteiger partial charge in [-0.15, -0.1) is 0 Å². The molecule has 0 bridgehead atoms. The fourth-order valence-corrected chi connectivity index (χ4v) is 4.41. The molecule has 1 amide bonds. The maximum absolute atomic E-state index is 12.6. The summed E-state index contributed by atoms with van der Waals surface area (Å²) in [7, 11) is 0. The molecule has 1 saturated carbocycles. The molecule has 1 heterocycles. The van der Waals surface area contributed by atoms with E-state index in [4.69, 9.17) is 0 Å². The van der Waals surface area contributed by atoms with E-state index < -0.39 is 0 Å². The van der Waals surface area contributed by atoms with Gasteiger partial charge in [0.1, 0.15) is 0 Å². The maximum Gasteiger partial charge on any atom is 0.222 e. The number of rotatable bonds is 4. The van der Waals surface area contributed by atoms with E-state index in [1.165, 1.54) is 42.0 Å². The van der Waals surface area contributed by atoms with Crippen LogP contribution in [0.1, 0.15) is 37.7 Å². The van der Waals surface area contributed by atoms with Gasteiger partial charge in [-0.25, -0.2) is 0 Å². The van der Waals surface area contributed by atoms with Crippen LogP contribution in [0.25, 0.3) is 10.8 Å². The Balaban J connectivity index is 1.28. The third kappa shape index (κ3) is 3.87. The molecule has 2 aromatic rings. The summed E-state index contributed by atoms with van der Waals surface area (Å²) in [5, 5.41) is 2.53. The molecule has 0 N–H and O–H groups in total. The van der Waals surface area contributed by atoms with Crippen molar-refractivity contribution >= 4 is 16.7 Å². The second-order valence-corrected chi connectivity index (χ2v) is 7.54. The zero-order chi connectivity index (χ0) is 17.1. The smallest absolute Gasteiger partial charge is 0.222 e. The van der Waals surface area contributed by atoms with Crippen LogP contribution in [0.15, 0.2) is 42.5 Å². The molecule has 0 spiro atoms. The van der Waals surface area contributed by atoms with E-state index >= 15 is 0 Å². The van der Waals surface area contributed by atoms with E-state index in [2.05, 4.69) is 52.3 Å². The van der Waals surface area contributed by atoms with Crippen molar-refractivity contribution in [2.75, 3.05) is 26.2 Å². The van der Waals surface area contributed by atoms with E-state index in [-0.39, 0.29) is 0 Å². The van der Waals surface area contributed by atoms with Crippen LogP contribution in [0.3, 0.4) is 0 Å². The van der Waals surface area contributed by atoms with Crippen molar-refractivity contribution in [1.82, 2.24) is 9.80 Å². The first-order chi connectivity index (χ1) is 12.3. The first-order valence-corrected chi connectivity index (χ1v) is 9.79. The fraction of sp³-hybridized carbons (Fsp3) is 0.500. The molecule has 1 aliphatic heterocycles. The highest BCUT2D eigenvalue weighted by Crippen LogP contribution is 2.24. The minimum absolute atomic E-state index is 0.319. The minimum Gasteiger partial charge on any atom is -0.340 e. The van der Waals surface area contributed by atoms with Gasteiger partial charge in [0.05, 0.1) is 0 Å². The largest absolute Gasteiger partial charge is 0.340 e. The molecule has 2 aromatic carbocycles. The molecule has 2 fully saturated rings. The predicted molar refractivity (Wildman–Crippen MR) is 103 cm³/mol. The van der Waals surface area contributed by atoms with E-state index in [1.54, 1.807) is 0 Å². The van der Waals surface area contributed by atoms with E-state index in [0.717, 1.165) is 38.6 Å². The lowest BCUT2D eigenvalue weighted by Gasteiger charge is -2.38. The van der Waals surface area contributed by atoms with Gasteiger partial charge in [-0.2, -0.15) is 0 Å². The number of carbonyl (C=O) groups is 1. The quantitative estimate of drug-likeness (QED) is 0.846. The number of nitrogens with zero attached hydrogens (tertiary/aromatic N) is 2. The SMILES string of the molecule is O=C(CCc1ccc2ccccc2c1)N1CCN(C2CCCC2)CC1. The van der Waals surface area contributed by atoms with Crippen LogP contribution >= 0.6 is 0 Å². The molecular formula is C22H28N2O. The zero-order valence-corrected chi connectivity index (χ0v) is 15.0. The Kier molecular flexibility index (Phi) is 5.02. The van der Waals surface area contributed by atoms with E-state index in [1.807, 2.05) is 0 Å². The Morgan fingerprint density at radius 3 is 2.40 bits per heavy atom. The lowest BCUT2D eigenvalue weighted by molar-refractivity contribution is -0.133. The number of amides is 1. The van der Waals surface area contributed by atoms with Crippen LogP contribution in [0, 0.1) is 0 Å². The first kappa shape index (κ1) is 16.6. The monoisotopic (exact) mass is 336 g/mol. The topological polar surface area (TPSA) is 23.6 Å². The van der Waals surface area contributed by atoms with Crippen LogP contribution in [0.4, 0.5) is 0 Å². The highest BCUT2D eigenvalue weighted by atomic mass is 16.2. The second-order valence-electron chi connectivity index (χ2n) is 7.54. The molecule has 4 rings (SSSR count). The lowest BCUT2D eigenvalue weighted by atomic mass is 10.0. The van der Waals surface area contributed by atoms with Crippen LogP contribution < -0.4 is 0 Å². The van der Waals surface area contributed by atoms with Crippen molar-refractivity contribution in [1.29, 1.82) is 0 Å². The molecule has 0 atom stereocenters. The van der Waals surface area contributed by atoms with Gasteiger partial charge in [-0.3, -0.25) is 9.69 Å². The molecule has 3 nitrogen and oxygen atoms in total. The molecule has 0 unspecified atom stereocenters. The van der Waals surface area contributed by atoms with Crippen LogP contribution in [0.2, 0.25) is 0 Å². The zero-order valence-electron chi connectivity index (χ0n) is 15.0. The Labute approximate surface area is 150 Å². The van der Waals surface area contributed by atoms with Crippen LogP contribution in [-0.4, -0.2) is 47.9 Å². The van der Waals surface area contributed by atoms with Gasteiger partial charge in [0.25, 0.3) is 0 Å². The molecule has 0 aromatic heterocycles. The molecule has 25 heavy (non-hydrogen) atoms. The van der Waals surface area contributed by atoms with Crippen LogP contribution in [-0.2, 0) is 11.2 Å². The van der Waals surface area contributed by atoms with Gasteiger partial charge in [0.2, 0.25) is 5.91 Å². The summed E-state index contributed by atoms with van der Waals surface area (Å²) in [6.45, 7) is 3.94. The molecule has 132 valence electrons. The molecule has 1 saturated heterocycles. The summed E-state index contributed by atoms with van der Waals surface area (Å²) >= 11 is 0. The van der Waals surface area contributed by atoms with E-state index in [9.17, 15) is 4.79 Å². The van der Waals surface area contributed by atoms with Gasteiger partial charge < -0.3 is 4.90 Å². The standard InChI is InChI=1S/C22H28N2O/c25-22(24-15-13-23(14-16-24)21-7-3-4-8-21)12-10-18-9-11-19-5-1-2-6-20(19)17-18/h1-2,5-6,9,11,17,21H,3-4,7-8,10,12-16H2. The van der Waals surface area contributed by atoms with E-state index in [0.29, 0.717) is 12.3 Å². The van der Waals surface area contributed by atoms with Crippen LogP contribution in [0.5, 0.6) is 0 Å². The van der Waals surface area contributed by atoms with Crippen molar-refractivity contribution in [2.24, 2.45) is 0 Å². The second kappa shape index (κ2) is 7.57. The van der Waals surface area contributed by atoms with Crippen molar-refractivity contribution in [3.8, 4) is 0 Å². The number of carbonyl (C=O) groups excluding carboxylic acids is 1. The average molecular weight is 336 g/mol. The normalized spacial score (nSPS) is 19.6. The summed E-state index contributed by atoms with van der Waals surface area (Å²) in [4.78, 5) is 17.3. The Hall–Kier alpha value is -1.87. The van der Waals surface area contributed by atoms with Gasteiger partial charge in [0, 0.05) is 38.6 Å². The predicted octanol–water partition coefficient (Wildman–Crippen LogP) is 3.86. The summed E-state index contributed by atoms with van der Waals surface area (Å²) in [6, 6.07) is 15.7. The Morgan fingerprint density at radius 1 is 0.920 bits per heavy atom. The fourth-order valence-electron chi connectivity index (χ4n) is 4.41. The lowest BCUT2D eigenvalue weighted by Crippen LogP contribution is -2.51. The number of hydrogen-bond donors (Lipinski definition) is 0. The average Bonchev–Trinajstić information content (AvgIpc) is 3.21.